The summed E-state index contributed by atoms with van der Waals surface area (Å²) in [7, 11) is 1.74. The van der Waals surface area contributed by atoms with Gasteiger partial charge in [-0.15, -0.1) is 0 Å². The summed E-state index contributed by atoms with van der Waals surface area (Å²) < 4.78 is 12.9. The minimum Gasteiger partial charge on any atom is -0.385 e. The Labute approximate surface area is 115 Å². The SMILES string of the molecule is COCCC1CN(Cc2cnn(C(C)C)c2)CCO1. The topological polar surface area (TPSA) is 39.5 Å². The molecule has 0 aliphatic carbocycles. The number of aromatic nitrogens is 2. The fraction of sp³-hybridized carbons (Fsp3) is 0.786. The molecule has 0 aromatic carbocycles. The third-order valence-corrected chi connectivity index (χ3v) is 3.46. The normalized spacial score (nSPS) is 21.2. The van der Waals surface area contributed by atoms with Crippen molar-refractivity contribution in [1.82, 2.24) is 14.7 Å². The van der Waals surface area contributed by atoms with Gasteiger partial charge >= 0.3 is 0 Å². The molecule has 1 aromatic rings. The van der Waals surface area contributed by atoms with Crippen LogP contribution in [0.25, 0.3) is 0 Å². The van der Waals surface area contributed by atoms with Crippen LogP contribution in [0, 0.1) is 0 Å². The molecule has 0 N–H and O–H groups in total. The van der Waals surface area contributed by atoms with Crippen molar-refractivity contribution in [3.05, 3.63) is 18.0 Å². The van der Waals surface area contributed by atoms with Crippen molar-refractivity contribution in [3.8, 4) is 0 Å². The van der Waals surface area contributed by atoms with Crippen LogP contribution in [-0.4, -0.2) is 54.2 Å². The molecule has 5 heteroatoms. The highest BCUT2D eigenvalue weighted by Gasteiger charge is 2.20. The third kappa shape index (κ3) is 4.30. The first-order chi connectivity index (χ1) is 9.19. The molecule has 5 nitrogen and oxygen atoms in total. The Morgan fingerprint density at radius 1 is 1.53 bits per heavy atom. The van der Waals surface area contributed by atoms with Crippen molar-refractivity contribution in [2.45, 2.75) is 39.0 Å². The molecule has 2 heterocycles. The van der Waals surface area contributed by atoms with E-state index in [1.54, 1.807) is 7.11 Å². The maximum absolute atomic E-state index is 5.75. The van der Waals surface area contributed by atoms with E-state index in [1.165, 1.54) is 5.56 Å². The molecule has 1 aromatic heterocycles. The Morgan fingerprint density at radius 2 is 2.37 bits per heavy atom. The van der Waals surface area contributed by atoms with Gasteiger partial charge in [-0.1, -0.05) is 0 Å². The monoisotopic (exact) mass is 267 g/mol. The van der Waals surface area contributed by atoms with Crippen LogP contribution in [0.2, 0.25) is 0 Å². The average molecular weight is 267 g/mol. The van der Waals surface area contributed by atoms with Gasteiger partial charge in [0.2, 0.25) is 0 Å². The molecule has 1 unspecified atom stereocenters. The van der Waals surface area contributed by atoms with Gasteiger partial charge in [-0.3, -0.25) is 9.58 Å². The van der Waals surface area contributed by atoms with Gasteiger partial charge in [0.15, 0.2) is 0 Å². The first-order valence-electron chi connectivity index (χ1n) is 7.05. The standard InChI is InChI=1S/C14H25N3O2/c1-12(2)17-10-13(8-15-17)9-16-5-7-19-14(11-16)4-6-18-3/h8,10,12,14H,4-7,9,11H2,1-3H3. The van der Waals surface area contributed by atoms with Gasteiger partial charge in [0.1, 0.15) is 0 Å². The van der Waals surface area contributed by atoms with Crippen molar-refractivity contribution in [2.24, 2.45) is 0 Å². The highest BCUT2D eigenvalue weighted by molar-refractivity contribution is 5.04. The number of morpholine rings is 1. The highest BCUT2D eigenvalue weighted by atomic mass is 16.5. The number of hydrogen-bond acceptors (Lipinski definition) is 4. The number of methoxy groups -OCH3 is 1. The molecule has 1 aliphatic heterocycles. The Balaban J connectivity index is 1.84. The van der Waals surface area contributed by atoms with Crippen molar-refractivity contribution in [3.63, 3.8) is 0 Å². The molecule has 1 saturated heterocycles. The summed E-state index contributed by atoms with van der Waals surface area (Å²) in [5.74, 6) is 0. The quantitative estimate of drug-likeness (QED) is 0.786. The molecule has 1 atom stereocenters. The third-order valence-electron chi connectivity index (χ3n) is 3.46. The molecule has 0 amide bonds. The second-order valence-electron chi connectivity index (χ2n) is 5.43. The van der Waals surface area contributed by atoms with E-state index in [0.29, 0.717) is 12.1 Å². The number of nitrogens with zero attached hydrogens (tertiary/aromatic N) is 3. The van der Waals surface area contributed by atoms with Gasteiger partial charge in [-0.25, -0.2) is 0 Å². The summed E-state index contributed by atoms with van der Waals surface area (Å²) >= 11 is 0. The lowest BCUT2D eigenvalue weighted by Crippen LogP contribution is -2.42. The number of hydrogen-bond donors (Lipinski definition) is 0. The van der Waals surface area contributed by atoms with E-state index in [4.69, 9.17) is 9.47 Å². The first kappa shape index (κ1) is 14.5. The maximum Gasteiger partial charge on any atom is 0.0724 e. The predicted molar refractivity (Wildman–Crippen MR) is 74.1 cm³/mol. The Bertz CT molecular complexity index is 379. The number of ether oxygens (including phenoxy) is 2. The molecule has 1 fully saturated rings. The zero-order valence-electron chi connectivity index (χ0n) is 12.2. The second-order valence-corrected chi connectivity index (χ2v) is 5.43. The van der Waals surface area contributed by atoms with E-state index in [9.17, 15) is 0 Å². The van der Waals surface area contributed by atoms with Crippen LogP contribution >= 0.6 is 0 Å². The van der Waals surface area contributed by atoms with Gasteiger partial charge in [0.05, 0.1) is 18.9 Å². The fourth-order valence-corrected chi connectivity index (χ4v) is 2.35. The van der Waals surface area contributed by atoms with Crippen LogP contribution in [-0.2, 0) is 16.0 Å². The smallest absolute Gasteiger partial charge is 0.0724 e. The molecular formula is C14H25N3O2. The number of rotatable bonds is 6. The van der Waals surface area contributed by atoms with Crippen molar-refractivity contribution in [1.29, 1.82) is 0 Å². The summed E-state index contributed by atoms with van der Waals surface area (Å²) in [6.07, 6.45) is 5.39. The molecule has 0 radical (unpaired) electrons. The Hall–Kier alpha value is -0.910. The van der Waals surface area contributed by atoms with Crippen LogP contribution in [0.15, 0.2) is 12.4 Å². The van der Waals surface area contributed by atoms with Crippen molar-refractivity contribution < 1.29 is 9.47 Å². The second kappa shape index (κ2) is 7.03. The maximum atomic E-state index is 5.75. The minimum absolute atomic E-state index is 0.300. The van der Waals surface area contributed by atoms with Crippen molar-refractivity contribution >= 4 is 0 Å². The lowest BCUT2D eigenvalue weighted by atomic mass is 10.2. The van der Waals surface area contributed by atoms with E-state index < -0.39 is 0 Å². The van der Waals surface area contributed by atoms with Crippen LogP contribution in [0.1, 0.15) is 31.9 Å². The molecule has 1 aliphatic rings. The Kier molecular flexibility index (Phi) is 5.36. The van der Waals surface area contributed by atoms with Gasteiger partial charge in [-0.05, 0) is 20.3 Å². The van der Waals surface area contributed by atoms with Gasteiger partial charge in [0.25, 0.3) is 0 Å². The van der Waals surface area contributed by atoms with Gasteiger partial charge in [0, 0.05) is 51.2 Å². The first-order valence-corrected chi connectivity index (χ1v) is 7.05. The van der Waals surface area contributed by atoms with Gasteiger partial charge < -0.3 is 9.47 Å². The molecule has 108 valence electrons. The zero-order valence-corrected chi connectivity index (χ0v) is 12.2. The van der Waals surface area contributed by atoms with Crippen LogP contribution in [0.4, 0.5) is 0 Å². The molecule has 0 saturated carbocycles. The highest BCUT2D eigenvalue weighted by Crippen LogP contribution is 2.13. The van der Waals surface area contributed by atoms with Gasteiger partial charge in [-0.2, -0.15) is 5.10 Å². The molecule has 2 rings (SSSR count). The lowest BCUT2D eigenvalue weighted by molar-refractivity contribution is -0.0432. The molecule has 0 spiro atoms. The van der Waals surface area contributed by atoms with E-state index in [1.807, 2.05) is 10.9 Å². The molecular weight excluding hydrogens is 242 g/mol. The Morgan fingerprint density at radius 3 is 3.05 bits per heavy atom. The average Bonchev–Trinajstić information content (AvgIpc) is 2.85. The van der Waals surface area contributed by atoms with E-state index in [0.717, 1.165) is 39.3 Å². The van der Waals surface area contributed by atoms with Crippen LogP contribution in [0.3, 0.4) is 0 Å². The summed E-state index contributed by atoms with van der Waals surface area (Å²) in [6, 6.07) is 0.424. The van der Waals surface area contributed by atoms with Crippen LogP contribution < -0.4 is 0 Å². The van der Waals surface area contributed by atoms with E-state index in [2.05, 4.69) is 30.0 Å². The summed E-state index contributed by atoms with van der Waals surface area (Å²) in [5.41, 5.74) is 1.28. The predicted octanol–water partition coefficient (Wildman–Crippen LogP) is 1.70. The lowest BCUT2D eigenvalue weighted by Gasteiger charge is -2.32. The molecule has 19 heavy (non-hydrogen) atoms. The van der Waals surface area contributed by atoms with E-state index in [-0.39, 0.29) is 0 Å². The fourth-order valence-electron chi connectivity index (χ4n) is 2.35. The zero-order chi connectivity index (χ0) is 13.7. The summed E-state index contributed by atoms with van der Waals surface area (Å²) in [5, 5.41) is 4.39. The van der Waals surface area contributed by atoms with Crippen molar-refractivity contribution in [2.75, 3.05) is 33.4 Å². The largest absolute Gasteiger partial charge is 0.385 e. The van der Waals surface area contributed by atoms with E-state index >= 15 is 0 Å². The van der Waals surface area contributed by atoms with Crippen LogP contribution in [0.5, 0.6) is 0 Å². The minimum atomic E-state index is 0.300. The summed E-state index contributed by atoms with van der Waals surface area (Å²) in [6.45, 7) is 8.81. The molecule has 0 bridgehead atoms. The summed E-state index contributed by atoms with van der Waals surface area (Å²) in [4.78, 5) is 2.44.